The average molecular weight is 514 g/mol. The largest absolute Gasteiger partial charge is 0.388 e. The highest BCUT2D eigenvalue weighted by atomic mass is 35.5. The minimum absolute atomic E-state index is 0.189. The first-order valence-electron chi connectivity index (χ1n) is 12.2. The van der Waals surface area contributed by atoms with Crippen molar-refractivity contribution in [1.29, 1.82) is 5.26 Å². The van der Waals surface area contributed by atoms with Gasteiger partial charge in [0.25, 0.3) is 0 Å². The number of hydrogen-bond donors (Lipinski definition) is 4. The van der Waals surface area contributed by atoms with Crippen LogP contribution in [0.5, 0.6) is 0 Å². The lowest BCUT2D eigenvalue weighted by Gasteiger charge is -2.39. The summed E-state index contributed by atoms with van der Waals surface area (Å²) in [5.74, 6) is -0.189. The summed E-state index contributed by atoms with van der Waals surface area (Å²) in [5, 5.41) is 40.4. The molecule has 192 valence electrons. The van der Waals surface area contributed by atoms with Crippen molar-refractivity contribution in [2.24, 2.45) is 5.73 Å². The van der Waals surface area contributed by atoms with Crippen LogP contribution in [0.3, 0.4) is 0 Å². The first-order valence-corrected chi connectivity index (χ1v) is 12.6. The predicted molar refractivity (Wildman–Crippen MR) is 134 cm³/mol. The van der Waals surface area contributed by atoms with Gasteiger partial charge in [0.05, 0.1) is 18.2 Å². The number of likely N-dealkylation sites (tertiary alicyclic amines) is 1. The highest BCUT2D eigenvalue weighted by molar-refractivity contribution is 6.31. The molecule has 0 aromatic heterocycles. The summed E-state index contributed by atoms with van der Waals surface area (Å²) in [4.78, 5) is 14.3. The van der Waals surface area contributed by atoms with Crippen molar-refractivity contribution in [3.8, 4) is 6.07 Å². The Morgan fingerprint density at radius 2 is 1.86 bits per heavy atom. The molecule has 0 saturated carbocycles. The summed E-state index contributed by atoms with van der Waals surface area (Å²) in [6, 6.07) is 14.2. The molecule has 4 rings (SSSR count). The van der Waals surface area contributed by atoms with Crippen LogP contribution in [-0.4, -0.2) is 69.2 Å². The zero-order valence-corrected chi connectivity index (χ0v) is 20.9. The molecule has 2 aliphatic heterocycles. The van der Waals surface area contributed by atoms with E-state index in [-0.39, 0.29) is 11.9 Å². The van der Waals surface area contributed by atoms with E-state index >= 15 is 0 Å². The number of aliphatic hydroxyl groups excluding tert-OH is 3. The van der Waals surface area contributed by atoms with E-state index in [0.717, 1.165) is 23.1 Å². The monoisotopic (exact) mass is 513 g/mol. The molecule has 9 heteroatoms. The lowest BCUT2D eigenvalue weighted by Crippen LogP contribution is -2.53. The molecule has 0 aliphatic carbocycles. The number of halogens is 1. The fraction of sp³-hybridized carbons (Fsp3) is 0.481. The molecule has 1 amide bonds. The van der Waals surface area contributed by atoms with Crippen LogP contribution in [-0.2, 0) is 22.4 Å². The van der Waals surface area contributed by atoms with Crippen LogP contribution in [0.15, 0.2) is 42.5 Å². The van der Waals surface area contributed by atoms with Gasteiger partial charge in [0.15, 0.2) is 0 Å². The molecule has 2 aromatic carbocycles. The summed E-state index contributed by atoms with van der Waals surface area (Å²) in [6.07, 6.45) is -2.72. The van der Waals surface area contributed by atoms with Crippen molar-refractivity contribution in [3.05, 3.63) is 69.7 Å². The standard InChI is InChI=1S/C27H32ClN3O5/c1-15-23(32)24(33)25(34)26(36-15)18-8-9-21(28)19(13-18)11-16-4-6-17(7-5-16)12-22(30)27(35)31-10-2-3-20(31)14-29/h4-9,13,15,20,22-26,32-34H,2-3,10-12,30H2,1H3/t15-,20+,22+,23-,24+,25-,26+/m1/s1. The third-order valence-corrected chi connectivity index (χ3v) is 7.49. The van der Waals surface area contributed by atoms with E-state index in [1.165, 1.54) is 0 Å². The normalized spacial score (nSPS) is 29.1. The number of ether oxygens (including phenoxy) is 1. The van der Waals surface area contributed by atoms with E-state index in [0.29, 0.717) is 36.4 Å². The molecule has 8 nitrogen and oxygen atoms in total. The van der Waals surface area contributed by atoms with Crippen molar-refractivity contribution < 1.29 is 24.9 Å². The second-order valence-corrected chi connectivity index (χ2v) is 10.1. The third-order valence-electron chi connectivity index (χ3n) is 7.13. The third kappa shape index (κ3) is 5.57. The van der Waals surface area contributed by atoms with E-state index in [4.69, 9.17) is 22.1 Å². The molecule has 0 radical (unpaired) electrons. The van der Waals surface area contributed by atoms with E-state index in [9.17, 15) is 25.4 Å². The molecular formula is C27H32ClN3O5. The molecule has 0 bridgehead atoms. The Kier molecular flexibility index (Phi) is 8.30. The van der Waals surface area contributed by atoms with Crippen molar-refractivity contribution in [2.75, 3.05) is 6.54 Å². The molecule has 2 aromatic rings. The zero-order chi connectivity index (χ0) is 26.0. The van der Waals surface area contributed by atoms with Gasteiger partial charge in [-0.1, -0.05) is 48.0 Å². The molecular weight excluding hydrogens is 482 g/mol. The maximum atomic E-state index is 12.7. The van der Waals surface area contributed by atoms with E-state index < -0.39 is 36.6 Å². The Balaban J connectivity index is 1.42. The van der Waals surface area contributed by atoms with Gasteiger partial charge >= 0.3 is 0 Å². The fourth-order valence-electron chi connectivity index (χ4n) is 4.97. The molecule has 2 heterocycles. The number of carbonyl (C=O) groups excluding carboxylic acids is 1. The molecule has 2 saturated heterocycles. The van der Waals surface area contributed by atoms with Crippen LogP contribution in [0.1, 0.15) is 48.1 Å². The second-order valence-electron chi connectivity index (χ2n) is 9.71. The smallest absolute Gasteiger partial charge is 0.240 e. The number of hydrogen-bond acceptors (Lipinski definition) is 7. The minimum atomic E-state index is -1.31. The van der Waals surface area contributed by atoms with Gasteiger partial charge in [-0.15, -0.1) is 0 Å². The molecule has 0 spiro atoms. The van der Waals surface area contributed by atoms with E-state index in [2.05, 4.69) is 6.07 Å². The van der Waals surface area contributed by atoms with Crippen LogP contribution in [0.2, 0.25) is 5.02 Å². The Morgan fingerprint density at radius 3 is 2.56 bits per heavy atom. The lowest BCUT2D eigenvalue weighted by molar-refractivity contribution is -0.219. The average Bonchev–Trinajstić information content (AvgIpc) is 3.36. The first kappa shape index (κ1) is 26.6. The van der Waals surface area contributed by atoms with E-state index in [1.54, 1.807) is 24.0 Å². The van der Waals surface area contributed by atoms with Gasteiger partial charge in [-0.05, 0) is 60.9 Å². The Labute approximate surface area is 215 Å². The van der Waals surface area contributed by atoms with Crippen molar-refractivity contribution in [2.45, 2.75) is 75.2 Å². The van der Waals surface area contributed by atoms with Crippen molar-refractivity contribution in [1.82, 2.24) is 4.90 Å². The number of rotatable bonds is 6. The summed E-state index contributed by atoms with van der Waals surface area (Å²) in [7, 11) is 0. The van der Waals surface area contributed by atoms with Crippen LogP contribution >= 0.6 is 11.6 Å². The highest BCUT2D eigenvalue weighted by Gasteiger charge is 2.42. The predicted octanol–water partition coefficient (Wildman–Crippen LogP) is 1.86. The number of amides is 1. The van der Waals surface area contributed by atoms with Crippen LogP contribution in [0, 0.1) is 11.3 Å². The molecule has 36 heavy (non-hydrogen) atoms. The fourth-order valence-corrected chi connectivity index (χ4v) is 5.15. The molecule has 2 fully saturated rings. The summed E-state index contributed by atoms with van der Waals surface area (Å²) < 4.78 is 5.77. The quantitative estimate of drug-likeness (QED) is 0.462. The van der Waals surface area contributed by atoms with Gasteiger partial charge < -0.3 is 30.7 Å². The van der Waals surface area contributed by atoms with Gasteiger partial charge in [0.2, 0.25) is 5.91 Å². The topological polar surface area (TPSA) is 140 Å². The van der Waals surface area contributed by atoms with Gasteiger partial charge in [0, 0.05) is 11.6 Å². The molecule has 2 aliphatic rings. The number of nitriles is 1. The Morgan fingerprint density at radius 1 is 1.17 bits per heavy atom. The lowest BCUT2D eigenvalue weighted by atomic mass is 9.90. The maximum Gasteiger partial charge on any atom is 0.240 e. The van der Waals surface area contributed by atoms with Gasteiger partial charge in [0.1, 0.15) is 30.5 Å². The van der Waals surface area contributed by atoms with Crippen LogP contribution < -0.4 is 5.73 Å². The Hall–Kier alpha value is -2.51. The SMILES string of the molecule is C[C@H]1O[C@@H](c2ccc(Cl)c(Cc3ccc(C[C@H](N)C(=O)N4CCC[C@H]4C#N)cc3)c2)[C@H](O)[C@@H](O)[C@@H]1O. The Bertz CT molecular complexity index is 1120. The first-order chi connectivity index (χ1) is 17.2. The molecule has 5 N–H and O–H groups in total. The number of nitrogens with zero attached hydrogens (tertiary/aromatic N) is 2. The van der Waals surface area contributed by atoms with Gasteiger partial charge in [-0.25, -0.2) is 0 Å². The summed E-state index contributed by atoms with van der Waals surface area (Å²) in [5.41, 5.74) is 9.58. The second kappa shape index (κ2) is 11.3. The maximum absolute atomic E-state index is 12.7. The number of aliphatic hydroxyl groups is 3. The van der Waals surface area contributed by atoms with Crippen LogP contribution in [0.4, 0.5) is 0 Å². The molecule has 7 atom stereocenters. The molecule has 0 unspecified atom stereocenters. The number of benzene rings is 2. The van der Waals surface area contributed by atoms with Crippen molar-refractivity contribution >= 4 is 17.5 Å². The number of nitrogens with two attached hydrogens (primary N) is 1. The summed E-state index contributed by atoms with van der Waals surface area (Å²) in [6.45, 7) is 2.22. The highest BCUT2D eigenvalue weighted by Crippen LogP contribution is 2.34. The van der Waals surface area contributed by atoms with Gasteiger partial charge in [-0.3, -0.25) is 4.79 Å². The number of carbonyl (C=O) groups is 1. The van der Waals surface area contributed by atoms with Gasteiger partial charge in [-0.2, -0.15) is 5.26 Å². The van der Waals surface area contributed by atoms with Crippen molar-refractivity contribution in [3.63, 3.8) is 0 Å². The summed E-state index contributed by atoms with van der Waals surface area (Å²) >= 11 is 6.45. The zero-order valence-electron chi connectivity index (χ0n) is 20.1. The minimum Gasteiger partial charge on any atom is -0.388 e. The van der Waals surface area contributed by atoms with Crippen LogP contribution in [0.25, 0.3) is 0 Å². The van der Waals surface area contributed by atoms with E-state index in [1.807, 2.05) is 30.3 Å².